The minimum absolute atomic E-state index is 0.248. The minimum atomic E-state index is 0.248. The van der Waals surface area contributed by atoms with Crippen molar-refractivity contribution in [2.24, 2.45) is 0 Å². The second-order valence-electron chi connectivity index (χ2n) is 4.31. The van der Waals surface area contributed by atoms with E-state index in [-0.39, 0.29) is 6.04 Å². The molecule has 1 atom stereocenters. The van der Waals surface area contributed by atoms with Crippen molar-refractivity contribution >= 4 is 27.5 Å². The number of hydrogen-bond acceptors (Lipinski definition) is 1. The lowest BCUT2D eigenvalue weighted by molar-refractivity contribution is 0.528. The predicted octanol–water partition coefficient (Wildman–Crippen LogP) is 5.11. The number of halogens is 2. The first-order valence-electron chi connectivity index (χ1n) is 5.88. The summed E-state index contributed by atoms with van der Waals surface area (Å²) in [5.74, 6) is 0. The van der Waals surface area contributed by atoms with Crippen LogP contribution in [-0.2, 0) is 0 Å². The minimum Gasteiger partial charge on any atom is -0.310 e. The lowest BCUT2D eigenvalue weighted by Crippen LogP contribution is -2.22. The molecule has 0 saturated heterocycles. The Morgan fingerprint density at radius 2 is 2.24 bits per heavy atom. The Bertz CT molecular complexity index is 390. The third-order valence-corrected chi connectivity index (χ3v) is 3.86. The van der Waals surface area contributed by atoms with E-state index in [0.717, 1.165) is 40.0 Å². The highest BCUT2D eigenvalue weighted by atomic mass is 79.9. The van der Waals surface area contributed by atoms with Gasteiger partial charge in [-0.1, -0.05) is 36.2 Å². The van der Waals surface area contributed by atoms with Crippen LogP contribution in [0.1, 0.15) is 38.3 Å². The second kappa shape index (κ2) is 7.20. The van der Waals surface area contributed by atoms with Crippen molar-refractivity contribution < 1.29 is 0 Å². The molecule has 17 heavy (non-hydrogen) atoms. The molecule has 0 amide bonds. The highest BCUT2D eigenvalue weighted by Crippen LogP contribution is 2.32. The molecule has 0 saturated carbocycles. The molecule has 1 aromatic rings. The van der Waals surface area contributed by atoms with E-state index in [2.05, 4.69) is 40.8 Å². The zero-order valence-corrected chi connectivity index (χ0v) is 12.7. The normalized spacial score (nSPS) is 12.5. The van der Waals surface area contributed by atoms with Crippen molar-refractivity contribution in [2.75, 3.05) is 6.54 Å². The van der Waals surface area contributed by atoms with Crippen molar-refractivity contribution in [3.63, 3.8) is 0 Å². The largest absolute Gasteiger partial charge is 0.310 e. The van der Waals surface area contributed by atoms with Gasteiger partial charge in [-0.3, -0.25) is 0 Å². The maximum Gasteiger partial charge on any atom is 0.0595 e. The molecule has 1 nitrogen and oxygen atoms in total. The molecule has 0 fully saturated rings. The van der Waals surface area contributed by atoms with Crippen LogP contribution in [0.15, 0.2) is 34.8 Å². The molecule has 3 heteroatoms. The van der Waals surface area contributed by atoms with Crippen LogP contribution in [0.2, 0.25) is 5.02 Å². The van der Waals surface area contributed by atoms with Gasteiger partial charge in [-0.05, 0) is 53.9 Å². The van der Waals surface area contributed by atoms with Crippen molar-refractivity contribution in [3.8, 4) is 0 Å². The van der Waals surface area contributed by atoms with Gasteiger partial charge in [-0.25, -0.2) is 0 Å². The molecule has 0 aromatic heterocycles. The van der Waals surface area contributed by atoms with Crippen LogP contribution < -0.4 is 5.32 Å². The van der Waals surface area contributed by atoms with Crippen LogP contribution in [-0.4, -0.2) is 6.54 Å². The summed E-state index contributed by atoms with van der Waals surface area (Å²) in [4.78, 5) is 0. The third kappa shape index (κ3) is 4.46. The summed E-state index contributed by atoms with van der Waals surface area (Å²) in [6.07, 6.45) is 2.02. The number of hydrogen-bond donors (Lipinski definition) is 1. The molecular weight excluding hydrogens is 298 g/mol. The van der Waals surface area contributed by atoms with Crippen molar-refractivity contribution in [1.82, 2.24) is 5.32 Å². The molecule has 0 radical (unpaired) electrons. The maximum absolute atomic E-state index is 6.33. The van der Waals surface area contributed by atoms with Gasteiger partial charge in [0.1, 0.15) is 0 Å². The van der Waals surface area contributed by atoms with E-state index in [1.807, 2.05) is 19.1 Å². The van der Waals surface area contributed by atoms with E-state index < -0.39 is 0 Å². The Morgan fingerprint density at radius 1 is 1.53 bits per heavy atom. The molecule has 94 valence electrons. The first kappa shape index (κ1) is 14.7. The van der Waals surface area contributed by atoms with Gasteiger partial charge in [0.15, 0.2) is 0 Å². The van der Waals surface area contributed by atoms with Gasteiger partial charge >= 0.3 is 0 Å². The van der Waals surface area contributed by atoms with Gasteiger partial charge in [-0.2, -0.15) is 0 Å². The molecule has 0 aliphatic carbocycles. The average Bonchev–Trinajstić information content (AvgIpc) is 2.28. The molecule has 1 aromatic carbocycles. The van der Waals surface area contributed by atoms with Gasteiger partial charge in [0.25, 0.3) is 0 Å². The highest BCUT2D eigenvalue weighted by Gasteiger charge is 2.15. The molecule has 0 spiro atoms. The summed E-state index contributed by atoms with van der Waals surface area (Å²) in [6, 6.07) is 6.30. The molecule has 1 unspecified atom stereocenters. The van der Waals surface area contributed by atoms with Gasteiger partial charge < -0.3 is 5.32 Å². The monoisotopic (exact) mass is 315 g/mol. The fraction of sp³-hybridized carbons (Fsp3) is 0.429. The number of nitrogens with one attached hydrogen (secondary N) is 1. The Morgan fingerprint density at radius 3 is 2.82 bits per heavy atom. The smallest absolute Gasteiger partial charge is 0.0595 e. The lowest BCUT2D eigenvalue weighted by atomic mass is 10.00. The van der Waals surface area contributed by atoms with Gasteiger partial charge in [0.05, 0.1) is 5.02 Å². The quantitative estimate of drug-likeness (QED) is 0.719. The molecule has 0 aliphatic rings. The van der Waals surface area contributed by atoms with Crippen molar-refractivity contribution in [2.45, 2.75) is 32.7 Å². The molecule has 0 aliphatic heterocycles. The summed E-state index contributed by atoms with van der Waals surface area (Å²) in [5, 5.41) is 4.31. The highest BCUT2D eigenvalue weighted by molar-refractivity contribution is 9.10. The van der Waals surface area contributed by atoms with Crippen LogP contribution in [0.25, 0.3) is 0 Å². The first-order valence-corrected chi connectivity index (χ1v) is 7.05. The molecule has 0 bridgehead atoms. The van der Waals surface area contributed by atoms with Crippen LogP contribution in [0.4, 0.5) is 0 Å². The van der Waals surface area contributed by atoms with Crippen molar-refractivity contribution in [1.29, 1.82) is 0 Å². The SMILES string of the molecule is C=C(C)CC(NCCC)c1cccc(Br)c1Cl. The first-order chi connectivity index (χ1) is 8.06. The summed E-state index contributed by atoms with van der Waals surface area (Å²) in [5.41, 5.74) is 2.30. The topological polar surface area (TPSA) is 12.0 Å². The number of rotatable bonds is 6. The Hall–Kier alpha value is -0.310. The van der Waals surface area contributed by atoms with Crippen LogP contribution in [0, 0.1) is 0 Å². The van der Waals surface area contributed by atoms with Gasteiger partial charge in [-0.15, -0.1) is 6.58 Å². The average molecular weight is 317 g/mol. The van der Waals surface area contributed by atoms with Crippen molar-refractivity contribution in [3.05, 3.63) is 45.4 Å². The molecule has 1 rings (SSSR count). The lowest BCUT2D eigenvalue weighted by Gasteiger charge is -2.20. The second-order valence-corrected chi connectivity index (χ2v) is 5.54. The van der Waals surface area contributed by atoms with E-state index in [1.54, 1.807) is 0 Å². The summed E-state index contributed by atoms with van der Waals surface area (Å²) in [7, 11) is 0. The zero-order chi connectivity index (χ0) is 12.8. The van der Waals surface area contributed by atoms with E-state index in [9.17, 15) is 0 Å². The van der Waals surface area contributed by atoms with E-state index in [4.69, 9.17) is 11.6 Å². The van der Waals surface area contributed by atoms with Crippen LogP contribution in [0.5, 0.6) is 0 Å². The van der Waals surface area contributed by atoms with E-state index in [1.165, 1.54) is 0 Å². The van der Waals surface area contributed by atoms with E-state index in [0.29, 0.717) is 0 Å². The molecule has 1 N–H and O–H groups in total. The summed E-state index contributed by atoms with van der Waals surface area (Å²) >= 11 is 9.80. The third-order valence-electron chi connectivity index (χ3n) is 2.55. The van der Waals surface area contributed by atoms with Crippen LogP contribution in [0.3, 0.4) is 0 Å². The summed E-state index contributed by atoms with van der Waals surface area (Å²) in [6.45, 7) is 9.18. The van der Waals surface area contributed by atoms with E-state index >= 15 is 0 Å². The van der Waals surface area contributed by atoms with Gasteiger partial charge in [0, 0.05) is 10.5 Å². The molecule has 0 heterocycles. The number of benzene rings is 1. The Balaban J connectivity index is 2.94. The Kier molecular flexibility index (Phi) is 6.24. The zero-order valence-electron chi connectivity index (χ0n) is 10.4. The summed E-state index contributed by atoms with van der Waals surface area (Å²) < 4.78 is 0.946. The van der Waals surface area contributed by atoms with Gasteiger partial charge in [0.2, 0.25) is 0 Å². The molecular formula is C14H19BrClN. The Labute approximate surface area is 117 Å². The predicted molar refractivity (Wildman–Crippen MR) is 79.6 cm³/mol. The maximum atomic E-state index is 6.33. The fourth-order valence-electron chi connectivity index (χ4n) is 1.75. The fourth-order valence-corrected chi connectivity index (χ4v) is 2.39. The standard InChI is InChI=1S/C14H19BrClN/c1-4-8-17-13(9-10(2)3)11-6-5-7-12(15)14(11)16/h5-7,13,17H,2,4,8-9H2,1,3H3. The van der Waals surface area contributed by atoms with Crippen LogP contribution >= 0.6 is 27.5 Å².